The third-order valence-electron chi connectivity index (χ3n) is 1.68. The molecule has 5 atom stereocenters. The summed E-state index contributed by atoms with van der Waals surface area (Å²) in [5, 5.41) is 0. The summed E-state index contributed by atoms with van der Waals surface area (Å²) < 4.78 is 115. The first kappa shape index (κ1) is 20.3. The third kappa shape index (κ3) is 5.34. The van der Waals surface area contributed by atoms with Crippen LogP contribution >= 0.6 is 0 Å². The molecular formula is C6H6F7LiO3S. The minimum atomic E-state index is -5.93. The van der Waals surface area contributed by atoms with Gasteiger partial charge in [0.15, 0.2) is 24.7 Å². The van der Waals surface area contributed by atoms with E-state index in [1.807, 2.05) is 0 Å². The average molecular weight is 298 g/mol. The fraction of sp³-hybridized carbons (Fsp3) is 1.00. The Balaban J connectivity index is 0. The van der Waals surface area contributed by atoms with E-state index in [1.165, 1.54) is 0 Å². The molecule has 0 aliphatic rings. The van der Waals surface area contributed by atoms with Gasteiger partial charge in [0.1, 0.15) is 10.1 Å². The fourth-order valence-electron chi connectivity index (χ4n) is 0.794. The monoisotopic (exact) mass is 298 g/mol. The summed E-state index contributed by atoms with van der Waals surface area (Å²) >= 11 is 0. The Morgan fingerprint density at radius 1 is 0.722 bits per heavy atom. The van der Waals surface area contributed by atoms with Crippen molar-refractivity contribution in [2.45, 2.75) is 36.6 Å². The van der Waals surface area contributed by atoms with Crippen LogP contribution in [0.5, 0.6) is 0 Å². The van der Waals surface area contributed by atoms with Gasteiger partial charge in [-0.25, -0.2) is 39.2 Å². The fourth-order valence-corrected chi connectivity index (χ4v) is 1.26. The molecule has 0 bridgehead atoms. The van der Waals surface area contributed by atoms with Crippen molar-refractivity contribution < 1.29 is 62.6 Å². The molecule has 104 valence electrons. The molecule has 0 rings (SSSR count). The summed E-state index contributed by atoms with van der Waals surface area (Å²) in [6.07, 6.45) is -19.3. The minimum absolute atomic E-state index is 0. The molecule has 0 aromatic carbocycles. The van der Waals surface area contributed by atoms with Crippen molar-refractivity contribution in [2.75, 3.05) is 0 Å². The van der Waals surface area contributed by atoms with Crippen LogP contribution < -0.4 is 18.9 Å². The Hall–Kier alpha value is 0.0174. The zero-order chi connectivity index (χ0) is 14.0. The molecule has 3 nitrogen and oxygen atoms in total. The van der Waals surface area contributed by atoms with Crippen LogP contribution in [-0.4, -0.2) is 49.6 Å². The molecule has 12 heteroatoms. The maximum Gasteiger partial charge on any atom is 1.00 e. The molecule has 0 aliphatic heterocycles. The second kappa shape index (κ2) is 7.57. The molecule has 18 heavy (non-hydrogen) atoms. The molecule has 0 saturated heterocycles. The molecule has 0 heterocycles. The molecule has 5 unspecified atom stereocenters. The van der Waals surface area contributed by atoms with Crippen LogP contribution in [0.3, 0.4) is 0 Å². The van der Waals surface area contributed by atoms with Crippen molar-refractivity contribution in [3.63, 3.8) is 0 Å². The van der Waals surface area contributed by atoms with Gasteiger partial charge in [-0.1, -0.05) is 0 Å². The Morgan fingerprint density at radius 3 is 1.33 bits per heavy atom. The maximum absolute atomic E-state index is 12.6. The predicted molar refractivity (Wildman–Crippen MR) is 40.2 cm³/mol. The van der Waals surface area contributed by atoms with Gasteiger partial charge in [0, 0.05) is 0 Å². The van der Waals surface area contributed by atoms with Crippen molar-refractivity contribution in [3.05, 3.63) is 0 Å². The summed E-state index contributed by atoms with van der Waals surface area (Å²) in [4.78, 5) is 0. The zero-order valence-corrected chi connectivity index (χ0v) is 9.56. The number of hydrogen-bond donors (Lipinski definition) is 0. The van der Waals surface area contributed by atoms with Gasteiger partial charge in [0.2, 0.25) is 5.50 Å². The van der Waals surface area contributed by atoms with Gasteiger partial charge < -0.3 is 4.55 Å². The van der Waals surface area contributed by atoms with Crippen LogP contribution in [0, 0.1) is 0 Å². The Kier molecular flexibility index (Phi) is 8.55. The van der Waals surface area contributed by atoms with Crippen LogP contribution in [0.1, 0.15) is 0 Å². The first-order chi connectivity index (χ1) is 7.50. The van der Waals surface area contributed by atoms with Crippen molar-refractivity contribution in [3.8, 4) is 0 Å². The van der Waals surface area contributed by atoms with E-state index in [0.717, 1.165) is 0 Å². The molecule has 0 spiro atoms. The van der Waals surface area contributed by atoms with E-state index in [2.05, 4.69) is 0 Å². The van der Waals surface area contributed by atoms with Crippen molar-refractivity contribution in [1.29, 1.82) is 0 Å². The predicted octanol–water partition coefficient (Wildman–Crippen LogP) is -1.55. The zero-order valence-electron chi connectivity index (χ0n) is 8.74. The van der Waals surface area contributed by atoms with Crippen molar-refractivity contribution >= 4 is 10.1 Å². The van der Waals surface area contributed by atoms with E-state index in [-0.39, 0.29) is 18.9 Å². The summed E-state index contributed by atoms with van der Waals surface area (Å²) in [6, 6.07) is 0. The van der Waals surface area contributed by atoms with Crippen LogP contribution in [-0.2, 0) is 10.1 Å². The molecule has 0 saturated carbocycles. The molecule has 0 N–H and O–H groups in total. The second-order valence-electron chi connectivity index (χ2n) is 2.96. The van der Waals surface area contributed by atoms with Crippen molar-refractivity contribution in [1.82, 2.24) is 0 Å². The Morgan fingerprint density at radius 2 is 1.06 bits per heavy atom. The summed E-state index contributed by atoms with van der Waals surface area (Å²) in [5.41, 5.74) is -4.00. The number of alkyl halides is 7. The first-order valence-electron chi connectivity index (χ1n) is 3.93. The van der Waals surface area contributed by atoms with Crippen LogP contribution in [0.4, 0.5) is 30.7 Å². The smallest absolute Gasteiger partial charge is 0.746 e. The average Bonchev–Trinajstić information content (AvgIpc) is 2.22. The van der Waals surface area contributed by atoms with E-state index in [1.54, 1.807) is 0 Å². The quantitative estimate of drug-likeness (QED) is 0.339. The molecule has 0 radical (unpaired) electrons. The Labute approximate surface area is 110 Å². The van der Waals surface area contributed by atoms with E-state index in [4.69, 9.17) is 0 Å². The largest absolute Gasteiger partial charge is 1.00 e. The van der Waals surface area contributed by atoms with Crippen molar-refractivity contribution in [2.24, 2.45) is 0 Å². The third-order valence-corrected chi connectivity index (χ3v) is 2.49. The van der Waals surface area contributed by atoms with Crippen LogP contribution in [0.2, 0.25) is 0 Å². The minimum Gasteiger partial charge on any atom is -0.746 e. The van der Waals surface area contributed by atoms with Gasteiger partial charge in [-0.15, -0.1) is 0 Å². The Bertz CT molecular complexity index is 340. The van der Waals surface area contributed by atoms with Gasteiger partial charge in [0.05, 0.1) is 0 Å². The second-order valence-corrected chi connectivity index (χ2v) is 4.39. The molecular weight excluding hydrogens is 292 g/mol. The summed E-state index contributed by atoms with van der Waals surface area (Å²) in [6.45, 7) is 0. The van der Waals surface area contributed by atoms with Gasteiger partial charge in [-0.3, -0.25) is 0 Å². The van der Waals surface area contributed by atoms with Crippen LogP contribution in [0.15, 0.2) is 0 Å². The van der Waals surface area contributed by atoms with Gasteiger partial charge in [-0.2, -0.15) is 0 Å². The number of rotatable bonds is 6. The summed E-state index contributed by atoms with van der Waals surface area (Å²) in [5.74, 6) is 0. The van der Waals surface area contributed by atoms with E-state index in [0.29, 0.717) is 0 Å². The number of hydrogen-bond acceptors (Lipinski definition) is 3. The topological polar surface area (TPSA) is 57.2 Å². The normalized spacial score (nSPS) is 20.7. The van der Waals surface area contributed by atoms with E-state index in [9.17, 15) is 43.7 Å². The van der Waals surface area contributed by atoms with Crippen LogP contribution in [0.25, 0.3) is 0 Å². The standard InChI is InChI=1S/C6H7F7O3S.Li/c7-1(3(9)5(11)12)2(8)4(10)6(13)17(14,15)16;/h1-6H,(H,14,15,16);/q;+1/p-1. The number of halogens is 7. The molecule has 0 amide bonds. The van der Waals surface area contributed by atoms with E-state index < -0.39 is 46.7 Å². The van der Waals surface area contributed by atoms with E-state index >= 15 is 0 Å². The first-order valence-corrected chi connectivity index (χ1v) is 5.40. The van der Waals surface area contributed by atoms with Gasteiger partial charge in [-0.05, 0) is 0 Å². The molecule has 0 fully saturated rings. The van der Waals surface area contributed by atoms with Gasteiger partial charge in [0.25, 0.3) is 6.43 Å². The molecule has 0 aromatic rings. The SMILES string of the molecule is O=S(=O)([O-])C(F)C(F)C(F)C(F)C(F)C(F)F.[Li+]. The van der Waals surface area contributed by atoms with Gasteiger partial charge >= 0.3 is 18.9 Å². The molecule has 0 aromatic heterocycles. The molecule has 0 aliphatic carbocycles. The summed E-state index contributed by atoms with van der Waals surface area (Å²) in [7, 11) is -5.93. The maximum atomic E-state index is 12.6.